The maximum absolute atomic E-state index is 13.8. The Morgan fingerprint density at radius 1 is 1.43 bits per heavy atom. The number of carbonyl (C=O) groups is 1. The third kappa shape index (κ3) is 2.55. The minimum Gasteiger partial charge on any atom is -0.350 e. The third-order valence-corrected chi connectivity index (χ3v) is 4.77. The van der Waals surface area contributed by atoms with Crippen LogP contribution in [0.15, 0.2) is 24.3 Å². The lowest BCUT2D eigenvalue weighted by Gasteiger charge is -2.16. The number of thiophene rings is 1. The maximum Gasteiger partial charge on any atom is 0.261 e. The molecule has 106 valence electrons. The predicted molar refractivity (Wildman–Crippen MR) is 79.7 cm³/mol. The van der Waals surface area contributed by atoms with E-state index in [1.54, 1.807) is 6.07 Å². The van der Waals surface area contributed by atoms with Gasteiger partial charge in [-0.05, 0) is 41.7 Å². The standard InChI is InChI=1S/C16H13FN2OS/c17-13-4-1-3-12-11(13)6-5-10-9-14(21-15(10)12)16(20)19-8-2-7-18/h1,3-4,9H,2,5-6,8H2,(H,19,20). The molecule has 0 radical (unpaired) electrons. The van der Waals surface area contributed by atoms with Gasteiger partial charge in [0.1, 0.15) is 5.82 Å². The van der Waals surface area contributed by atoms with E-state index in [9.17, 15) is 9.18 Å². The van der Waals surface area contributed by atoms with Crippen LogP contribution in [0.4, 0.5) is 4.39 Å². The molecule has 5 heteroatoms. The highest BCUT2D eigenvalue weighted by Gasteiger charge is 2.23. The van der Waals surface area contributed by atoms with Gasteiger partial charge in [0, 0.05) is 11.4 Å². The van der Waals surface area contributed by atoms with Crippen LogP contribution >= 0.6 is 11.3 Å². The smallest absolute Gasteiger partial charge is 0.261 e. The molecule has 0 spiro atoms. The number of nitrogens with zero attached hydrogens (tertiary/aromatic N) is 1. The van der Waals surface area contributed by atoms with Crippen molar-refractivity contribution in [3.8, 4) is 16.5 Å². The van der Waals surface area contributed by atoms with Crippen LogP contribution in [0.3, 0.4) is 0 Å². The van der Waals surface area contributed by atoms with Crippen molar-refractivity contribution in [1.82, 2.24) is 5.32 Å². The third-order valence-electron chi connectivity index (χ3n) is 3.56. The molecule has 3 rings (SSSR count). The molecule has 1 aliphatic carbocycles. The molecule has 1 aromatic heterocycles. The van der Waals surface area contributed by atoms with Crippen LogP contribution in [-0.2, 0) is 12.8 Å². The average Bonchev–Trinajstić information content (AvgIpc) is 2.92. The van der Waals surface area contributed by atoms with Crippen molar-refractivity contribution in [2.24, 2.45) is 0 Å². The summed E-state index contributed by atoms with van der Waals surface area (Å²) >= 11 is 1.39. The molecule has 1 aliphatic rings. The minimum atomic E-state index is -0.174. The van der Waals surface area contributed by atoms with Crippen molar-refractivity contribution in [3.05, 3.63) is 46.1 Å². The first-order valence-corrected chi connectivity index (χ1v) is 7.58. The highest BCUT2D eigenvalue weighted by molar-refractivity contribution is 7.17. The van der Waals surface area contributed by atoms with Gasteiger partial charge in [-0.2, -0.15) is 5.26 Å². The number of benzene rings is 1. The van der Waals surface area contributed by atoms with Gasteiger partial charge in [-0.1, -0.05) is 12.1 Å². The fraction of sp³-hybridized carbons (Fsp3) is 0.250. The Kier molecular flexibility index (Phi) is 3.72. The largest absolute Gasteiger partial charge is 0.350 e. The van der Waals surface area contributed by atoms with E-state index in [1.807, 2.05) is 18.2 Å². The van der Waals surface area contributed by atoms with Crippen LogP contribution in [0.2, 0.25) is 0 Å². The Morgan fingerprint density at radius 3 is 3.10 bits per heavy atom. The Hall–Kier alpha value is -2.19. The summed E-state index contributed by atoms with van der Waals surface area (Å²) in [5.41, 5.74) is 2.74. The molecular formula is C16H13FN2OS. The van der Waals surface area contributed by atoms with Gasteiger partial charge < -0.3 is 5.32 Å². The molecule has 0 saturated heterocycles. The minimum absolute atomic E-state index is 0.164. The molecule has 1 amide bonds. The topological polar surface area (TPSA) is 52.9 Å². The summed E-state index contributed by atoms with van der Waals surface area (Å²) in [6.07, 6.45) is 1.72. The quantitative estimate of drug-likeness (QED) is 0.884. The highest BCUT2D eigenvalue weighted by Crippen LogP contribution is 2.40. The lowest BCUT2D eigenvalue weighted by Crippen LogP contribution is -2.23. The maximum atomic E-state index is 13.8. The predicted octanol–water partition coefficient (Wildman–Crippen LogP) is 3.30. The van der Waals surface area contributed by atoms with Crippen LogP contribution in [0, 0.1) is 17.1 Å². The SMILES string of the molecule is N#CCCNC(=O)c1cc2c(s1)-c1cccc(F)c1CC2. The summed E-state index contributed by atoms with van der Waals surface area (Å²) in [5, 5.41) is 11.2. The number of nitriles is 1. The molecular weight excluding hydrogens is 287 g/mol. The van der Waals surface area contributed by atoms with E-state index in [0.29, 0.717) is 24.3 Å². The van der Waals surface area contributed by atoms with Crippen LogP contribution in [0.25, 0.3) is 10.4 Å². The van der Waals surface area contributed by atoms with E-state index in [1.165, 1.54) is 17.4 Å². The van der Waals surface area contributed by atoms with Crippen molar-refractivity contribution < 1.29 is 9.18 Å². The molecule has 1 heterocycles. The molecule has 3 nitrogen and oxygen atoms in total. The first-order chi connectivity index (χ1) is 10.2. The number of aryl methyl sites for hydroxylation is 1. The number of hydrogen-bond donors (Lipinski definition) is 1. The summed E-state index contributed by atoms with van der Waals surface area (Å²) in [7, 11) is 0. The Labute approximate surface area is 126 Å². The number of hydrogen-bond acceptors (Lipinski definition) is 3. The van der Waals surface area contributed by atoms with Gasteiger partial charge in [-0.25, -0.2) is 4.39 Å². The number of halogens is 1. The molecule has 0 saturated carbocycles. The Bertz CT molecular complexity index is 745. The first-order valence-electron chi connectivity index (χ1n) is 6.76. The Balaban J connectivity index is 1.91. The second-order valence-electron chi connectivity index (χ2n) is 4.89. The molecule has 2 aromatic rings. The van der Waals surface area contributed by atoms with E-state index in [2.05, 4.69) is 5.32 Å². The molecule has 0 aliphatic heterocycles. The molecule has 21 heavy (non-hydrogen) atoms. The Morgan fingerprint density at radius 2 is 2.29 bits per heavy atom. The zero-order valence-electron chi connectivity index (χ0n) is 11.3. The summed E-state index contributed by atoms with van der Waals surface area (Å²) in [6.45, 7) is 0.350. The van der Waals surface area contributed by atoms with Gasteiger partial charge >= 0.3 is 0 Å². The number of amides is 1. The van der Waals surface area contributed by atoms with Crippen LogP contribution < -0.4 is 5.32 Å². The second kappa shape index (κ2) is 5.66. The lowest BCUT2D eigenvalue weighted by atomic mass is 9.91. The molecule has 0 bridgehead atoms. The van der Waals surface area contributed by atoms with E-state index >= 15 is 0 Å². The summed E-state index contributed by atoms with van der Waals surface area (Å²) in [6, 6.07) is 8.96. The normalized spacial score (nSPS) is 12.2. The summed E-state index contributed by atoms with van der Waals surface area (Å²) in [5.74, 6) is -0.339. The second-order valence-corrected chi connectivity index (χ2v) is 5.95. The summed E-state index contributed by atoms with van der Waals surface area (Å²) in [4.78, 5) is 13.6. The summed E-state index contributed by atoms with van der Waals surface area (Å²) < 4.78 is 13.8. The molecule has 0 fully saturated rings. The number of carbonyl (C=O) groups excluding carboxylic acids is 1. The fourth-order valence-electron chi connectivity index (χ4n) is 2.56. The van der Waals surface area contributed by atoms with Crippen molar-refractivity contribution in [3.63, 3.8) is 0 Å². The van der Waals surface area contributed by atoms with Gasteiger partial charge in [-0.15, -0.1) is 11.3 Å². The van der Waals surface area contributed by atoms with Gasteiger partial charge in [0.05, 0.1) is 17.4 Å². The fourth-order valence-corrected chi connectivity index (χ4v) is 3.74. The van der Waals surface area contributed by atoms with Crippen molar-refractivity contribution in [2.75, 3.05) is 6.54 Å². The van der Waals surface area contributed by atoms with Crippen molar-refractivity contribution >= 4 is 17.2 Å². The van der Waals surface area contributed by atoms with E-state index in [0.717, 1.165) is 28.0 Å². The monoisotopic (exact) mass is 300 g/mol. The van der Waals surface area contributed by atoms with E-state index in [4.69, 9.17) is 5.26 Å². The molecule has 0 unspecified atom stereocenters. The van der Waals surface area contributed by atoms with Crippen molar-refractivity contribution in [2.45, 2.75) is 19.3 Å². The van der Waals surface area contributed by atoms with E-state index < -0.39 is 0 Å². The van der Waals surface area contributed by atoms with Gasteiger partial charge in [0.15, 0.2) is 0 Å². The van der Waals surface area contributed by atoms with Crippen molar-refractivity contribution in [1.29, 1.82) is 5.26 Å². The van der Waals surface area contributed by atoms with Gasteiger partial charge in [0.25, 0.3) is 5.91 Å². The number of nitrogens with one attached hydrogen (secondary N) is 1. The van der Waals surface area contributed by atoms with Crippen LogP contribution in [0.5, 0.6) is 0 Å². The molecule has 0 atom stereocenters. The average molecular weight is 300 g/mol. The number of rotatable bonds is 3. The van der Waals surface area contributed by atoms with Gasteiger partial charge in [-0.3, -0.25) is 4.79 Å². The highest BCUT2D eigenvalue weighted by atomic mass is 32.1. The van der Waals surface area contributed by atoms with Gasteiger partial charge in [0.2, 0.25) is 0 Å². The molecule has 1 aromatic carbocycles. The zero-order valence-corrected chi connectivity index (χ0v) is 12.1. The first kappa shape index (κ1) is 13.8. The zero-order chi connectivity index (χ0) is 14.8. The number of fused-ring (bicyclic) bond motifs is 3. The van der Waals surface area contributed by atoms with Crippen LogP contribution in [0.1, 0.15) is 27.2 Å². The van der Waals surface area contributed by atoms with E-state index in [-0.39, 0.29) is 11.7 Å². The molecule has 1 N–H and O–H groups in total. The lowest BCUT2D eigenvalue weighted by molar-refractivity contribution is 0.0958. The van der Waals surface area contributed by atoms with Crippen LogP contribution in [-0.4, -0.2) is 12.5 Å².